The first-order valence-electron chi connectivity index (χ1n) is 6.45. The molecule has 2 unspecified atom stereocenters. The predicted molar refractivity (Wildman–Crippen MR) is 72.0 cm³/mol. The first kappa shape index (κ1) is 12.9. The van der Waals surface area contributed by atoms with E-state index in [1.165, 1.54) is 30.6 Å². The number of rotatable bonds is 4. The van der Waals surface area contributed by atoms with Crippen molar-refractivity contribution in [2.45, 2.75) is 48.8 Å². The van der Waals surface area contributed by atoms with Crippen molar-refractivity contribution < 1.29 is 4.39 Å². The molecule has 1 aliphatic rings. The lowest BCUT2D eigenvalue weighted by Crippen LogP contribution is -2.40. The molecule has 94 valence electrons. The Balaban J connectivity index is 1.97. The molecule has 1 nitrogen and oxygen atoms in total. The number of nitrogens with one attached hydrogen (secondary N) is 1. The van der Waals surface area contributed by atoms with Crippen LogP contribution >= 0.6 is 11.8 Å². The first-order chi connectivity index (χ1) is 8.29. The van der Waals surface area contributed by atoms with Crippen molar-refractivity contribution >= 4 is 11.8 Å². The molecule has 1 fully saturated rings. The topological polar surface area (TPSA) is 12.0 Å². The molecular weight excluding hydrogens is 233 g/mol. The maximum Gasteiger partial charge on any atom is 0.123 e. The van der Waals surface area contributed by atoms with Gasteiger partial charge in [-0.1, -0.05) is 19.8 Å². The first-order valence-corrected chi connectivity index (χ1v) is 7.33. The molecule has 0 heterocycles. The summed E-state index contributed by atoms with van der Waals surface area (Å²) in [4.78, 5) is 1.18. The van der Waals surface area contributed by atoms with Crippen LogP contribution in [0.4, 0.5) is 4.39 Å². The van der Waals surface area contributed by atoms with E-state index < -0.39 is 0 Å². The molecular formula is C14H20FNS. The normalized spacial score (nSPS) is 24.8. The van der Waals surface area contributed by atoms with Crippen LogP contribution in [0.5, 0.6) is 0 Å². The summed E-state index contributed by atoms with van der Waals surface area (Å²) >= 11 is 1.89. The van der Waals surface area contributed by atoms with E-state index in [0.717, 1.165) is 6.54 Å². The van der Waals surface area contributed by atoms with Gasteiger partial charge in [-0.25, -0.2) is 4.39 Å². The minimum absolute atomic E-state index is 0.152. The van der Waals surface area contributed by atoms with E-state index in [0.29, 0.717) is 11.3 Å². The molecule has 1 aliphatic carbocycles. The third-order valence-corrected chi connectivity index (χ3v) is 4.68. The molecule has 17 heavy (non-hydrogen) atoms. The highest BCUT2D eigenvalue weighted by Crippen LogP contribution is 2.33. The van der Waals surface area contributed by atoms with E-state index in [4.69, 9.17) is 0 Å². The molecule has 0 amide bonds. The molecule has 0 saturated heterocycles. The monoisotopic (exact) mass is 253 g/mol. The van der Waals surface area contributed by atoms with Crippen LogP contribution in [-0.4, -0.2) is 17.8 Å². The zero-order valence-electron chi connectivity index (χ0n) is 10.3. The largest absolute Gasteiger partial charge is 0.313 e. The minimum atomic E-state index is -0.152. The third kappa shape index (κ3) is 3.71. The zero-order chi connectivity index (χ0) is 12.1. The van der Waals surface area contributed by atoms with Gasteiger partial charge in [0.15, 0.2) is 0 Å². The summed E-state index contributed by atoms with van der Waals surface area (Å²) in [5.74, 6) is -0.152. The highest BCUT2D eigenvalue weighted by atomic mass is 32.2. The SMILES string of the molecule is CCNC1CCCCC1Sc1ccc(F)cc1. The van der Waals surface area contributed by atoms with Gasteiger partial charge in [0.2, 0.25) is 0 Å². The van der Waals surface area contributed by atoms with Gasteiger partial charge in [-0.2, -0.15) is 0 Å². The van der Waals surface area contributed by atoms with Crippen LogP contribution in [0.25, 0.3) is 0 Å². The Kier molecular flexibility index (Phi) is 4.86. The van der Waals surface area contributed by atoms with E-state index in [1.807, 2.05) is 23.9 Å². The number of hydrogen-bond donors (Lipinski definition) is 1. The number of hydrogen-bond acceptors (Lipinski definition) is 2. The van der Waals surface area contributed by atoms with Gasteiger partial charge in [-0.3, -0.25) is 0 Å². The Bertz CT molecular complexity index is 337. The number of halogens is 1. The lowest BCUT2D eigenvalue weighted by Gasteiger charge is -2.31. The Morgan fingerprint density at radius 2 is 1.94 bits per heavy atom. The number of benzene rings is 1. The van der Waals surface area contributed by atoms with Gasteiger partial charge in [0.05, 0.1) is 0 Å². The van der Waals surface area contributed by atoms with Gasteiger partial charge < -0.3 is 5.32 Å². The molecule has 0 aromatic heterocycles. The van der Waals surface area contributed by atoms with Gasteiger partial charge >= 0.3 is 0 Å². The van der Waals surface area contributed by atoms with Crippen LogP contribution in [0.1, 0.15) is 32.6 Å². The summed E-state index contributed by atoms with van der Waals surface area (Å²) in [7, 11) is 0. The summed E-state index contributed by atoms with van der Waals surface area (Å²) in [5.41, 5.74) is 0. The maximum absolute atomic E-state index is 12.8. The van der Waals surface area contributed by atoms with Gasteiger partial charge in [-0.15, -0.1) is 11.8 Å². The highest BCUT2D eigenvalue weighted by molar-refractivity contribution is 8.00. The van der Waals surface area contributed by atoms with Crippen molar-refractivity contribution in [2.75, 3.05) is 6.54 Å². The molecule has 1 aromatic carbocycles. The quantitative estimate of drug-likeness (QED) is 0.875. The Labute approximate surface area is 107 Å². The smallest absolute Gasteiger partial charge is 0.123 e. The van der Waals surface area contributed by atoms with Crippen molar-refractivity contribution in [3.8, 4) is 0 Å². The highest BCUT2D eigenvalue weighted by Gasteiger charge is 2.24. The van der Waals surface area contributed by atoms with E-state index in [1.54, 1.807) is 12.1 Å². The van der Waals surface area contributed by atoms with Crippen molar-refractivity contribution in [1.29, 1.82) is 0 Å². The van der Waals surface area contributed by atoms with Crippen molar-refractivity contribution in [3.05, 3.63) is 30.1 Å². The molecule has 1 aromatic rings. The van der Waals surface area contributed by atoms with Gasteiger partial charge in [0.1, 0.15) is 5.82 Å². The van der Waals surface area contributed by atoms with E-state index in [9.17, 15) is 4.39 Å². The maximum atomic E-state index is 12.8. The molecule has 0 aliphatic heterocycles. The minimum Gasteiger partial charge on any atom is -0.313 e. The van der Waals surface area contributed by atoms with Crippen molar-refractivity contribution in [1.82, 2.24) is 5.32 Å². The van der Waals surface area contributed by atoms with Crippen molar-refractivity contribution in [2.24, 2.45) is 0 Å². The second-order valence-electron chi connectivity index (χ2n) is 4.56. The average molecular weight is 253 g/mol. The molecule has 0 bridgehead atoms. The molecule has 0 radical (unpaired) electrons. The van der Waals surface area contributed by atoms with E-state index in [-0.39, 0.29) is 5.82 Å². The van der Waals surface area contributed by atoms with E-state index in [2.05, 4.69) is 12.2 Å². The fourth-order valence-corrected chi connectivity index (χ4v) is 3.75. The second-order valence-corrected chi connectivity index (χ2v) is 5.87. The van der Waals surface area contributed by atoms with Crippen LogP contribution in [0, 0.1) is 5.82 Å². The molecule has 2 atom stereocenters. The lowest BCUT2D eigenvalue weighted by atomic mass is 9.95. The Hall–Kier alpha value is -0.540. The average Bonchev–Trinajstić information content (AvgIpc) is 2.35. The molecule has 0 spiro atoms. The predicted octanol–water partition coefficient (Wildman–Crippen LogP) is 3.84. The lowest BCUT2D eigenvalue weighted by molar-refractivity contribution is 0.391. The Morgan fingerprint density at radius 3 is 2.65 bits per heavy atom. The summed E-state index contributed by atoms with van der Waals surface area (Å²) in [6.07, 6.45) is 5.19. The Morgan fingerprint density at radius 1 is 1.24 bits per heavy atom. The summed E-state index contributed by atoms with van der Waals surface area (Å²) < 4.78 is 12.8. The van der Waals surface area contributed by atoms with Crippen LogP contribution in [0.3, 0.4) is 0 Å². The zero-order valence-corrected chi connectivity index (χ0v) is 11.1. The van der Waals surface area contributed by atoms with Gasteiger partial charge in [0.25, 0.3) is 0 Å². The van der Waals surface area contributed by atoms with Crippen LogP contribution < -0.4 is 5.32 Å². The van der Waals surface area contributed by atoms with Crippen molar-refractivity contribution in [3.63, 3.8) is 0 Å². The fourth-order valence-electron chi connectivity index (χ4n) is 2.42. The summed E-state index contributed by atoms with van der Waals surface area (Å²) in [5, 5.41) is 4.20. The number of thioether (sulfide) groups is 1. The molecule has 1 N–H and O–H groups in total. The molecule has 3 heteroatoms. The standard InChI is InChI=1S/C14H20FNS/c1-2-16-13-5-3-4-6-14(13)17-12-9-7-11(15)8-10-12/h7-10,13-14,16H,2-6H2,1H3. The molecule has 2 rings (SSSR count). The van der Waals surface area contributed by atoms with Gasteiger partial charge in [0, 0.05) is 16.2 Å². The summed E-state index contributed by atoms with van der Waals surface area (Å²) in [6.45, 7) is 3.19. The molecule has 1 saturated carbocycles. The third-order valence-electron chi connectivity index (χ3n) is 3.27. The second kappa shape index (κ2) is 6.41. The summed E-state index contributed by atoms with van der Waals surface area (Å²) in [6, 6.07) is 7.49. The fraction of sp³-hybridized carbons (Fsp3) is 0.571. The van der Waals surface area contributed by atoms with E-state index >= 15 is 0 Å². The van der Waals surface area contributed by atoms with Crippen LogP contribution in [-0.2, 0) is 0 Å². The van der Waals surface area contributed by atoms with Crippen LogP contribution in [0.2, 0.25) is 0 Å². The van der Waals surface area contributed by atoms with Crippen LogP contribution in [0.15, 0.2) is 29.2 Å². The van der Waals surface area contributed by atoms with Gasteiger partial charge in [-0.05, 0) is 43.7 Å².